The number of hydrogen-bond acceptors (Lipinski definition) is 3. The summed E-state index contributed by atoms with van der Waals surface area (Å²) in [6, 6.07) is 0. The summed E-state index contributed by atoms with van der Waals surface area (Å²) >= 11 is 0. The average molecular weight is 159 g/mol. The van der Waals surface area contributed by atoms with Gasteiger partial charge in [-0.2, -0.15) is 0 Å². The molecular weight excluding hydrogens is 146 g/mol. The predicted molar refractivity (Wildman–Crippen MR) is 38.8 cm³/mol. The number of rotatable bonds is 4. The van der Waals surface area contributed by atoms with Crippen LogP contribution in [0.5, 0.6) is 0 Å². The first-order valence-electron chi connectivity index (χ1n) is 3.80. The number of aliphatic hydroxyl groups excluding tert-OH is 2. The van der Waals surface area contributed by atoms with Gasteiger partial charge < -0.3 is 15.5 Å². The minimum absolute atomic E-state index is 0.00231. The van der Waals surface area contributed by atoms with Crippen LogP contribution in [0.3, 0.4) is 0 Å². The molecule has 0 heterocycles. The van der Waals surface area contributed by atoms with Crippen LogP contribution < -0.4 is 5.32 Å². The van der Waals surface area contributed by atoms with E-state index in [0.29, 0.717) is 0 Å². The van der Waals surface area contributed by atoms with Crippen LogP contribution in [0, 0.1) is 5.92 Å². The third-order valence-corrected chi connectivity index (χ3v) is 1.67. The Morgan fingerprint density at radius 1 is 1.64 bits per heavy atom. The van der Waals surface area contributed by atoms with Crippen LogP contribution in [0.2, 0.25) is 0 Å². The fourth-order valence-electron chi connectivity index (χ4n) is 0.773. The second-order valence-electron chi connectivity index (χ2n) is 2.86. The number of nitrogens with one attached hydrogen (secondary N) is 1. The van der Waals surface area contributed by atoms with Gasteiger partial charge in [-0.25, -0.2) is 0 Å². The van der Waals surface area contributed by atoms with E-state index in [-0.39, 0.29) is 25.0 Å². The average Bonchev–Trinajstić information content (AvgIpc) is 2.81. The van der Waals surface area contributed by atoms with Crippen molar-refractivity contribution in [3.63, 3.8) is 0 Å². The monoisotopic (exact) mass is 159 g/mol. The van der Waals surface area contributed by atoms with Gasteiger partial charge in [0.15, 0.2) is 0 Å². The molecule has 0 radical (unpaired) electrons. The van der Waals surface area contributed by atoms with Crippen LogP contribution in [0.1, 0.15) is 12.8 Å². The van der Waals surface area contributed by atoms with E-state index in [2.05, 4.69) is 5.32 Å². The van der Waals surface area contributed by atoms with Gasteiger partial charge in [0, 0.05) is 12.5 Å². The molecule has 11 heavy (non-hydrogen) atoms. The summed E-state index contributed by atoms with van der Waals surface area (Å²) in [5.41, 5.74) is 0. The van der Waals surface area contributed by atoms with Crippen LogP contribution in [-0.2, 0) is 4.79 Å². The van der Waals surface area contributed by atoms with Crippen molar-refractivity contribution in [3.05, 3.63) is 0 Å². The van der Waals surface area contributed by atoms with Crippen molar-refractivity contribution in [2.24, 2.45) is 5.92 Å². The fourth-order valence-corrected chi connectivity index (χ4v) is 0.773. The highest BCUT2D eigenvalue weighted by molar-refractivity contribution is 5.80. The summed E-state index contributed by atoms with van der Waals surface area (Å²) in [4.78, 5) is 10.9. The first-order chi connectivity index (χ1) is 5.24. The standard InChI is InChI=1S/C7H13NO3/c9-4-6(10)3-8-7(11)5-1-2-5/h5-6,9-10H,1-4H2,(H,8,11). The maximum absolute atomic E-state index is 10.9. The molecule has 64 valence electrons. The van der Waals surface area contributed by atoms with E-state index >= 15 is 0 Å². The highest BCUT2D eigenvalue weighted by Gasteiger charge is 2.29. The highest BCUT2D eigenvalue weighted by atomic mass is 16.3. The van der Waals surface area contributed by atoms with E-state index in [1.807, 2.05) is 0 Å². The molecule has 1 fully saturated rings. The van der Waals surface area contributed by atoms with Crippen molar-refractivity contribution in [2.45, 2.75) is 18.9 Å². The Morgan fingerprint density at radius 2 is 2.27 bits per heavy atom. The lowest BCUT2D eigenvalue weighted by Crippen LogP contribution is -2.34. The third-order valence-electron chi connectivity index (χ3n) is 1.67. The van der Waals surface area contributed by atoms with Crippen LogP contribution in [0.15, 0.2) is 0 Å². The fraction of sp³-hybridized carbons (Fsp3) is 0.857. The lowest BCUT2D eigenvalue weighted by atomic mass is 10.3. The van der Waals surface area contributed by atoms with E-state index in [0.717, 1.165) is 12.8 Å². The van der Waals surface area contributed by atoms with Crippen molar-refractivity contribution in [2.75, 3.05) is 13.2 Å². The summed E-state index contributed by atoms with van der Waals surface area (Å²) < 4.78 is 0. The van der Waals surface area contributed by atoms with Gasteiger partial charge in [-0.05, 0) is 12.8 Å². The molecule has 1 saturated carbocycles. The molecule has 1 aliphatic carbocycles. The molecule has 0 aromatic rings. The van der Waals surface area contributed by atoms with Gasteiger partial charge in [0.1, 0.15) is 0 Å². The second kappa shape index (κ2) is 3.69. The van der Waals surface area contributed by atoms with E-state index in [9.17, 15) is 4.79 Å². The molecule has 4 heteroatoms. The predicted octanol–water partition coefficient (Wildman–Crippen LogP) is -1.13. The van der Waals surface area contributed by atoms with Crippen molar-refractivity contribution < 1.29 is 15.0 Å². The topological polar surface area (TPSA) is 69.6 Å². The van der Waals surface area contributed by atoms with Crippen molar-refractivity contribution in [1.29, 1.82) is 0 Å². The molecule has 0 aliphatic heterocycles. The lowest BCUT2D eigenvalue weighted by molar-refractivity contribution is -0.122. The summed E-state index contributed by atoms with van der Waals surface area (Å²) in [7, 11) is 0. The van der Waals surface area contributed by atoms with Gasteiger partial charge >= 0.3 is 0 Å². The number of hydrogen-bond donors (Lipinski definition) is 3. The van der Waals surface area contributed by atoms with Gasteiger partial charge in [-0.1, -0.05) is 0 Å². The molecule has 0 spiro atoms. The molecule has 1 unspecified atom stereocenters. The van der Waals surface area contributed by atoms with Gasteiger partial charge in [0.05, 0.1) is 12.7 Å². The van der Waals surface area contributed by atoms with Crippen LogP contribution in [0.4, 0.5) is 0 Å². The van der Waals surface area contributed by atoms with Crippen molar-refractivity contribution in [1.82, 2.24) is 5.32 Å². The van der Waals surface area contributed by atoms with Crippen LogP contribution >= 0.6 is 0 Å². The Bertz CT molecular complexity index is 145. The number of amides is 1. The first kappa shape index (κ1) is 8.49. The van der Waals surface area contributed by atoms with Gasteiger partial charge in [0.25, 0.3) is 0 Å². The van der Waals surface area contributed by atoms with Crippen molar-refractivity contribution >= 4 is 5.91 Å². The minimum Gasteiger partial charge on any atom is -0.394 e. The van der Waals surface area contributed by atoms with E-state index < -0.39 is 6.10 Å². The van der Waals surface area contributed by atoms with Crippen LogP contribution in [-0.4, -0.2) is 35.4 Å². The smallest absolute Gasteiger partial charge is 0.223 e. The molecule has 1 amide bonds. The number of carbonyl (C=O) groups is 1. The summed E-state index contributed by atoms with van der Waals surface area (Å²) in [5, 5.41) is 19.8. The van der Waals surface area contributed by atoms with E-state index in [1.165, 1.54) is 0 Å². The zero-order chi connectivity index (χ0) is 8.27. The molecular formula is C7H13NO3. The quantitative estimate of drug-likeness (QED) is 0.486. The molecule has 1 aliphatic rings. The van der Waals surface area contributed by atoms with E-state index in [4.69, 9.17) is 10.2 Å². The molecule has 1 rings (SSSR count). The molecule has 4 nitrogen and oxygen atoms in total. The van der Waals surface area contributed by atoms with Crippen LogP contribution in [0.25, 0.3) is 0 Å². The Morgan fingerprint density at radius 3 is 2.73 bits per heavy atom. The Labute approximate surface area is 65.2 Å². The molecule has 0 aromatic carbocycles. The zero-order valence-electron chi connectivity index (χ0n) is 6.29. The number of carbonyl (C=O) groups excluding carboxylic acids is 1. The van der Waals surface area contributed by atoms with Gasteiger partial charge in [-0.3, -0.25) is 4.79 Å². The molecule has 1 atom stereocenters. The van der Waals surface area contributed by atoms with Crippen molar-refractivity contribution in [3.8, 4) is 0 Å². The minimum atomic E-state index is -0.822. The molecule has 0 saturated heterocycles. The SMILES string of the molecule is O=C(NCC(O)CO)C1CC1. The highest BCUT2D eigenvalue weighted by Crippen LogP contribution is 2.28. The number of aliphatic hydroxyl groups is 2. The summed E-state index contributed by atoms with van der Waals surface area (Å²) in [5.74, 6) is 0.165. The molecule has 3 N–H and O–H groups in total. The summed E-state index contributed by atoms with van der Waals surface area (Å²) in [6.07, 6.45) is 1.10. The first-order valence-corrected chi connectivity index (χ1v) is 3.80. The molecule has 0 bridgehead atoms. The lowest BCUT2D eigenvalue weighted by Gasteiger charge is -2.07. The second-order valence-corrected chi connectivity index (χ2v) is 2.86. The van der Waals surface area contributed by atoms with E-state index in [1.54, 1.807) is 0 Å². The summed E-state index contributed by atoms with van der Waals surface area (Å²) in [6.45, 7) is -0.142. The Hall–Kier alpha value is -0.610. The van der Waals surface area contributed by atoms with Gasteiger partial charge in [0.2, 0.25) is 5.91 Å². The third kappa shape index (κ3) is 2.86. The largest absolute Gasteiger partial charge is 0.394 e. The molecule has 0 aromatic heterocycles. The zero-order valence-corrected chi connectivity index (χ0v) is 6.29. The normalized spacial score (nSPS) is 19.5. The maximum Gasteiger partial charge on any atom is 0.223 e. The Balaban J connectivity index is 2.05. The Kier molecular flexibility index (Phi) is 2.84. The van der Waals surface area contributed by atoms with Gasteiger partial charge in [-0.15, -0.1) is 0 Å². The maximum atomic E-state index is 10.9.